The lowest BCUT2D eigenvalue weighted by molar-refractivity contribution is 0.238. The van der Waals surface area contributed by atoms with E-state index in [0.717, 1.165) is 36.9 Å². The number of aromatic nitrogens is 1. The third kappa shape index (κ3) is 3.61. The van der Waals surface area contributed by atoms with Crippen molar-refractivity contribution in [2.45, 2.75) is 25.7 Å². The second-order valence-corrected chi connectivity index (χ2v) is 8.55. The smallest absolute Gasteiger partial charge is 0.161 e. The number of hydrogen-bond acceptors (Lipinski definition) is 3. The normalized spacial score (nSPS) is 19.4. The van der Waals surface area contributed by atoms with Crippen LogP contribution >= 0.6 is 0 Å². The SMILES string of the molecule is COc1ccc(C2=CCN(CC3CCc4[nH]c5ccccc5c4C3)CC2)cc1OC. The summed E-state index contributed by atoms with van der Waals surface area (Å²) >= 11 is 0. The van der Waals surface area contributed by atoms with Crippen LogP contribution in [0, 0.1) is 5.92 Å². The molecule has 2 aliphatic rings. The van der Waals surface area contributed by atoms with E-state index < -0.39 is 0 Å². The first-order chi connectivity index (χ1) is 14.7. The van der Waals surface area contributed by atoms with Crippen LogP contribution < -0.4 is 9.47 Å². The zero-order valence-electron chi connectivity index (χ0n) is 17.9. The Morgan fingerprint density at radius 1 is 1.03 bits per heavy atom. The number of fused-ring (bicyclic) bond motifs is 3. The van der Waals surface area contributed by atoms with Gasteiger partial charge >= 0.3 is 0 Å². The molecule has 1 unspecified atom stereocenters. The Kier molecular flexibility index (Phi) is 5.26. The minimum absolute atomic E-state index is 0.743. The Morgan fingerprint density at radius 2 is 1.90 bits per heavy atom. The minimum Gasteiger partial charge on any atom is -0.493 e. The quantitative estimate of drug-likeness (QED) is 0.647. The van der Waals surface area contributed by atoms with Gasteiger partial charge in [0.05, 0.1) is 14.2 Å². The fourth-order valence-electron chi connectivity index (χ4n) is 5.14. The maximum Gasteiger partial charge on any atom is 0.161 e. The molecule has 5 rings (SSSR count). The van der Waals surface area contributed by atoms with Gasteiger partial charge in [-0.1, -0.05) is 30.3 Å². The van der Waals surface area contributed by atoms with Crippen molar-refractivity contribution in [3.8, 4) is 11.5 Å². The highest BCUT2D eigenvalue weighted by Crippen LogP contribution is 2.34. The fraction of sp³-hybridized carbons (Fsp3) is 0.385. The molecule has 0 amide bonds. The lowest BCUT2D eigenvalue weighted by Gasteiger charge is -2.32. The summed E-state index contributed by atoms with van der Waals surface area (Å²) < 4.78 is 10.8. The molecule has 1 aromatic heterocycles. The third-order valence-electron chi connectivity index (χ3n) is 6.76. The molecule has 0 saturated heterocycles. The van der Waals surface area contributed by atoms with Crippen molar-refractivity contribution in [3.63, 3.8) is 0 Å². The topological polar surface area (TPSA) is 37.5 Å². The van der Waals surface area contributed by atoms with Crippen molar-refractivity contribution in [2.75, 3.05) is 33.9 Å². The van der Waals surface area contributed by atoms with Crippen LogP contribution in [0.5, 0.6) is 11.5 Å². The van der Waals surface area contributed by atoms with Crippen LogP contribution in [0.3, 0.4) is 0 Å². The number of nitrogens with zero attached hydrogens (tertiary/aromatic N) is 1. The highest BCUT2D eigenvalue weighted by atomic mass is 16.5. The Morgan fingerprint density at radius 3 is 2.70 bits per heavy atom. The molecule has 0 fully saturated rings. The van der Waals surface area contributed by atoms with Gasteiger partial charge in [-0.3, -0.25) is 4.90 Å². The molecule has 1 aliphatic carbocycles. The number of aromatic amines is 1. The summed E-state index contributed by atoms with van der Waals surface area (Å²) in [6.07, 6.45) is 7.13. The van der Waals surface area contributed by atoms with Crippen molar-refractivity contribution >= 4 is 16.5 Å². The van der Waals surface area contributed by atoms with Crippen molar-refractivity contribution in [1.82, 2.24) is 9.88 Å². The lowest BCUT2D eigenvalue weighted by atomic mass is 9.85. The number of methoxy groups -OCH3 is 2. The van der Waals surface area contributed by atoms with Crippen LogP contribution in [0.2, 0.25) is 0 Å². The summed E-state index contributed by atoms with van der Waals surface area (Å²) in [6.45, 7) is 3.34. The number of para-hydroxylation sites is 1. The number of rotatable bonds is 5. The van der Waals surface area contributed by atoms with Gasteiger partial charge in [0.1, 0.15) is 0 Å². The second kappa shape index (κ2) is 8.19. The number of nitrogens with one attached hydrogen (secondary N) is 1. The summed E-state index contributed by atoms with van der Waals surface area (Å²) in [7, 11) is 3.38. The summed E-state index contributed by atoms with van der Waals surface area (Å²) in [5, 5.41) is 1.42. The Bertz CT molecular complexity index is 1080. The minimum atomic E-state index is 0.743. The average molecular weight is 403 g/mol. The van der Waals surface area contributed by atoms with Gasteiger partial charge in [-0.15, -0.1) is 0 Å². The monoisotopic (exact) mass is 402 g/mol. The zero-order chi connectivity index (χ0) is 20.5. The van der Waals surface area contributed by atoms with Gasteiger partial charge in [-0.2, -0.15) is 0 Å². The van der Waals surface area contributed by atoms with E-state index in [1.165, 1.54) is 53.5 Å². The first kappa shape index (κ1) is 19.3. The van der Waals surface area contributed by atoms with E-state index in [0.29, 0.717) is 0 Å². The molecule has 2 aromatic carbocycles. The molecule has 1 N–H and O–H groups in total. The predicted molar refractivity (Wildman–Crippen MR) is 122 cm³/mol. The largest absolute Gasteiger partial charge is 0.493 e. The highest BCUT2D eigenvalue weighted by Gasteiger charge is 2.25. The van der Waals surface area contributed by atoms with E-state index in [4.69, 9.17) is 9.47 Å². The van der Waals surface area contributed by atoms with Crippen LogP contribution in [-0.4, -0.2) is 43.7 Å². The highest BCUT2D eigenvalue weighted by molar-refractivity contribution is 5.84. The molecule has 3 aromatic rings. The first-order valence-electron chi connectivity index (χ1n) is 11.0. The molecule has 0 saturated carbocycles. The molecule has 2 heterocycles. The third-order valence-corrected chi connectivity index (χ3v) is 6.76. The summed E-state index contributed by atoms with van der Waals surface area (Å²) in [6, 6.07) is 15.0. The summed E-state index contributed by atoms with van der Waals surface area (Å²) in [5.41, 5.74) is 6.97. The predicted octanol–water partition coefficient (Wildman–Crippen LogP) is 5.08. The Balaban J connectivity index is 1.25. The number of benzene rings is 2. The summed E-state index contributed by atoms with van der Waals surface area (Å²) in [4.78, 5) is 6.26. The first-order valence-corrected chi connectivity index (χ1v) is 11.0. The Labute approximate surface area is 178 Å². The molecular weight excluding hydrogens is 372 g/mol. The van der Waals surface area contributed by atoms with Crippen molar-refractivity contribution in [3.05, 3.63) is 65.4 Å². The van der Waals surface area contributed by atoms with Crippen molar-refractivity contribution in [1.29, 1.82) is 0 Å². The second-order valence-electron chi connectivity index (χ2n) is 8.55. The number of H-pyrrole nitrogens is 1. The molecule has 1 aliphatic heterocycles. The van der Waals surface area contributed by atoms with E-state index in [-0.39, 0.29) is 0 Å². The molecule has 0 spiro atoms. The van der Waals surface area contributed by atoms with Crippen molar-refractivity contribution in [2.24, 2.45) is 5.92 Å². The van der Waals surface area contributed by atoms with E-state index in [2.05, 4.69) is 52.4 Å². The van der Waals surface area contributed by atoms with Gasteiger partial charge in [0.2, 0.25) is 0 Å². The fourth-order valence-corrected chi connectivity index (χ4v) is 5.14. The van der Waals surface area contributed by atoms with Crippen LogP contribution in [0.25, 0.3) is 16.5 Å². The van der Waals surface area contributed by atoms with Crippen molar-refractivity contribution < 1.29 is 9.47 Å². The number of aryl methyl sites for hydroxylation is 1. The number of hydrogen-bond donors (Lipinski definition) is 1. The van der Waals surface area contributed by atoms with E-state index in [1.807, 2.05) is 6.07 Å². The van der Waals surface area contributed by atoms with E-state index >= 15 is 0 Å². The lowest BCUT2D eigenvalue weighted by Crippen LogP contribution is -2.35. The van der Waals surface area contributed by atoms with Gasteiger partial charge in [0, 0.05) is 36.2 Å². The van der Waals surface area contributed by atoms with Crippen LogP contribution in [0.15, 0.2) is 48.5 Å². The number of ether oxygens (including phenoxy) is 2. The molecule has 4 nitrogen and oxygen atoms in total. The van der Waals surface area contributed by atoms with Gasteiger partial charge in [-0.25, -0.2) is 0 Å². The molecule has 30 heavy (non-hydrogen) atoms. The van der Waals surface area contributed by atoms with Gasteiger partial charge in [-0.05, 0) is 66.5 Å². The van der Waals surface area contributed by atoms with E-state index in [1.54, 1.807) is 19.8 Å². The van der Waals surface area contributed by atoms with Crippen LogP contribution in [-0.2, 0) is 12.8 Å². The summed E-state index contributed by atoms with van der Waals surface area (Å²) in [5.74, 6) is 2.33. The maximum atomic E-state index is 5.48. The van der Waals surface area contributed by atoms with Gasteiger partial charge in [0.25, 0.3) is 0 Å². The van der Waals surface area contributed by atoms with Gasteiger partial charge in [0.15, 0.2) is 11.5 Å². The zero-order valence-corrected chi connectivity index (χ0v) is 17.9. The van der Waals surface area contributed by atoms with E-state index in [9.17, 15) is 0 Å². The Hall–Kier alpha value is -2.72. The van der Waals surface area contributed by atoms with Crippen LogP contribution in [0.1, 0.15) is 29.7 Å². The maximum absolute atomic E-state index is 5.48. The molecule has 156 valence electrons. The molecular formula is C26H30N2O2. The molecule has 4 heteroatoms. The molecule has 0 radical (unpaired) electrons. The molecule has 0 bridgehead atoms. The van der Waals surface area contributed by atoms with Crippen LogP contribution in [0.4, 0.5) is 0 Å². The molecule has 1 atom stereocenters. The van der Waals surface area contributed by atoms with Gasteiger partial charge < -0.3 is 14.5 Å². The standard InChI is InChI=1S/C26H30N2O2/c1-29-25-10-8-20(16-26(25)30-2)19-11-13-28(14-12-19)17-18-7-9-24-22(15-18)21-5-3-4-6-23(21)27-24/h3-6,8,10-11,16,18,27H,7,9,12-15,17H2,1-2H3. The average Bonchev–Trinajstić information content (AvgIpc) is 3.17.